The fourth-order valence-corrected chi connectivity index (χ4v) is 3.41. The molecule has 2 aliphatic rings. The Balaban J connectivity index is 1.83. The van der Waals surface area contributed by atoms with Crippen LogP contribution in [0.3, 0.4) is 0 Å². The van der Waals surface area contributed by atoms with Crippen LogP contribution in [0.25, 0.3) is 0 Å². The number of nitrogens with zero attached hydrogens (tertiary/aromatic N) is 2. The van der Waals surface area contributed by atoms with Crippen molar-refractivity contribution in [2.75, 3.05) is 24.0 Å². The number of fused-ring (bicyclic) bond motifs is 1. The first-order chi connectivity index (χ1) is 7.45. The van der Waals surface area contributed by atoms with Gasteiger partial charge in [0, 0.05) is 18.0 Å². The number of hydrogen-bond acceptors (Lipinski definition) is 3. The topological polar surface area (TPSA) is 6.48 Å². The zero-order chi connectivity index (χ0) is 10.1. The molecule has 3 rings (SSSR count). The maximum absolute atomic E-state index is 2.52. The Morgan fingerprint density at radius 2 is 1.80 bits per heavy atom. The standard InChI is InChI=1S/C12H16N2S/c1-4-8-13(9-5-1)14-10-15-12-7-3-2-6-11(12)14/h2-3,6-7H,1,4-5,8-10H2. The number of anilines is 1. The number of rotatable bonds is 1. The molecule has 80 valence electrons. The highest BCUT2D eigenvalue weighted by Gasteiger charge is 2.25. The van der Waals surface area contributed by atoms with Gasteiger partial charge in [-0.1, -0.05) is 18.6 Å². The normalized spacial score (nSPS) is 21.7. The molecule has 0 amide bonds. The van der Waals surface area contributed by atoms with E-state index in [0.29, 0.717) is 0 Å². The minimum Gasteiger partial charge on any atom is -0.294 e. The van der Waals surface area contributed by atoms with Crippen LogP contribution in [0.1, 0.15) is 19.3 Å². The van der Waals surface area contributed by atoms with Crippen LogP contribution in [0, 0.1) is 0 Å². The number of hydrogen-bond donors (Lipinski definition) is 0. The minimum atomic E-state index is 1.10. The van der Waals surface area contributed by atoms with Crippen LogP contribution < -0.4 is 5.01 Å². The summed E-state index contributed by atoms with van der Waals surface area (Å²) in [5.74, 6) is 1.10. The van der Waals surface area contributed by atoms with Gasteiger partial charge in [-0.3, -0.25) is 5.01 Å². The van der Waals surface area contributed by atoms with E-state index >= 15 is 0 Å². The van der Waals surface area contributed by atoms with Crippen LogP contribution in [-0.4, -0.2) is 24.0 Å². The van der Waals surface area contributed by atoms with Crippen molar-refractivity contribution in [1.82, 2.24) is 5.01 Å². The van der Waals surface area contributed by atoms with Crippen molar-refractivity contribution in [3.05, 3.63) is 24.3 Å². The van der Waals surface area contributed by atoms with Crippen molar-refractivity contribution in [2.24, 2.45) is 0 Å². The molecule has 15 heavy (non-hydrogen) atoms. The quantitative estimate of drug-likeness (QED) is 0.718. The zero-order valence-corrected chi connectivity index (χ0v) is 9.67. The Labute approximate surface area is 95.2 Å². The van der Waals surface area contributed by atoms with Crippen molar-refractivity contribution in [2.45, 2.75) is 24.2 Å². The molecule has 0 spiro atoms. The SMILES string of the molecule is c1ccc2c(c1)SCN2N1CCCCC1. The lowest BCUT2D eigenvalue weighted by atomic mass is 10.2. The summed E-state index contributed by atoms with van der Waals surface area (Å²) >= 11 is 1.95. The second-order valence-corrected chi connectivity index (χ2v) is 5.14. The summed E-state index contributed by atoms with van der Waals surface area (Å²) in [6.45, 7) is 2.46. The molecule has 0 atom stereocenters. The van der Waals surface area contributed by atoms with E-state index in [1.165, 1.54) is 42.9 Å². The molecular formula is C12H16N2S. The maximum Gasteiger partial charge on any atom is 0.0849 e. The number of para-hydroxylation sites is 1. The molecule has 0 aromatic heterocycles. The summed E-state index contributed by atoms with van der Waals surface area (Å²) < 4.78 is 0. The van der Waals surface area contributed by atoms with Gasteiger partial charge < -0.3 is 0 Å². The zero-order valence-electron chi connectivity index (χ0n) is 8.85. The van der Waals surface area contributed by atoms with E-state index in [-0.39, 0.29) is 0 Å². The fourth-order valence-electron chi connectivity index (χ4n) is 2.35. The van der Waals surface area contributed by atoms with Crippen molar-refractivity contribution in [3.63, 3.8) is 0 Å². The van der Waals surface area contributed by atoms with Crippen LogP contribution in [0.4, 0.5) is 5.69 Å². The Kier molecular flexibility index (Phi) is 2.59. The second kappa shape index (κ2) is 4.06. The molecule has 0 bridgehead atoms. The van der Waals surface area contributed by atoms with Crippen molar-refractivity contribution >= 4 is 17.4 Å². The lowest BCUT2D eigenvalue weighted by Gasteiger charge is -2.35. The van der Waals surface area contributed by atoms with Gasteiger partial charge in [-0.05, 0) is 25.0 Å². The molecule has 2 heterocycles. The molecular weight excluding hydrogens is 204 g/mol. The van der Waals surface area contributed by atoms with Crippen molar-refractivity contribution in [3.8, 4) is 0 Å². The highest BCUT2D eigenvalue weighted by atomic mass is 32.2. The predicted octanol–water partition coefficient (Wildman–Crippen LogP) is 2.96. The van der Waals surface area contributed by atoms with Gasteiger partial charge in [0.25, 0.3) is 0 Å². The number of piperidine rings is 1. The van der Waals surface area contributed by atoms with Gasteiger partial charge in [0.2, 0.25) is 0 Å². The third-order valence-electron chi connectivity index (χ3n) is 3.16. The number of benzene rings is 1. The summed E-state index contributed by atoms with van der Waals surface area (Å²) in [5.41, 5.74) is 1.41. The van der Waals surface area contributed by atoms with E-state index in [9.17, 15) is 0 Å². The minimum absolute atomic E-state index is 1.10. The summed E-state index contributed by atoms with van der Waals surface area (Å²) in [6, 6.07) is 8.74. The van der Waals surface area contributed by atoms with Crippen LogP contribution in [-0.2, 0) is 0 Å². The second-order valence-electron chi connectivity index (χ2n) is 4.16. The van der Waals surface area contributed by atoms with Gasteiger partial charge in [0.1, 0.15) is 0 Å². The Morgan fingerprint density at radius 3 is 2.67 bits per heavy atom. The maximum atomic E-state index is 2.52. The summed E-state index contributed by atoms with van der Waals surface area (Å²) in [4.78, 5) is 1.43. The Bertz CT molecular complexity index is 347. The van der Waals surface area contributed by atoms with E-state index in [0.717, 1.165) is 5.88 Å². The Morgan fingerprint density at radius 1 is 1.00 bits per heavy atom. The predicted molar refractivity (Wildman–Crippen MR) is 65.1 cm³/mol. The van der Waals surface area contributed by atoms with Gasteiger partial charge in [-0.15, -0.1) is 11.8 Å². The molecule has 1 aromatic rings. The highest BCUT2D eigenvalue weighted by molar-refractivity contribution is 7.99. The van der Waals surface area contributed by atoms with Crippen LogP contribution in [0.15, 0.2) is 29.2 Å². The molecule has 1 saturated heterocycles. The molecule has 0 aliphatic carbocycles. The lowest BCUT2D eigenvalue weighted by Crippen LogP contribution is -2.44. The van der Waals surface area contributed by atoms with E-state index in [1.807, 2.05) is 11.8 Å². The molecule has 2 nitrogen and oxygen atoms in total. The average molecular weight is 220 g/mol. The molecule has 0 unspecified atom stereocenters. The molecule has 0 radical (unpaired) electrons. The number of hydrazine groups is 1. The van der Waals surface area contributed by atoms with Crippen LogP contribution in [0.2, 0.25) is 0 Å². The third-order valence-corrected chi connectivity index (χ3v) is 4.19. The van der Waals surface area contributed by atoms with Gasteiger partial charge in [-0.2, -0.15) is 0 Å². The van der Waals surface area contributed by atoms with Crippen molar-refractivity contribution < 1.29 is 0 Å². The highest BCUT2D eigenvalue weighted by Crippen LogP contribution is 2.39. The first-order valence-corrected chi connectivity index (χ1v) is 6.68. The fraction of sp³-hybridized carbons (Fsp3) is 0.500. The van der Waals surface area contributed by atoms with Gasteiger partial charge in [0.15, 0.2) is 0 Å². The van der Waals surface area contributed by atoms with Crippen LogP contribution in [0.5, 0.6) is 0 Å². The van der Waals surface area contributed by atoms with E-state index in [4.69, 9.17) is 0 Å². The van der Waals surface area contributed by atoms with E-state index in [1.54, 1.807) is 0 Å². The van der Waals surface area contributed by atoms with Crippen LogP contribution >= 0.6 is 11.8 Å². The monoisotopic (exact) mass is 220 g/mol. The summed E-state index contributed by atoms with van der Waals surface area (Å²) in [5, 5.41) is 4.97. The molecule has 0 saturated carbocycles. The summed E-state index contributed by atoms with van der Waals surface area (Å²) in [7, 11) is 0. The summed E-state index contributed by atoms with van der Waals surface area (Å²) in [6.07, 6.45) is 4.10. The molecule has 1 aromatic carbocycles. The first-order valence-electron chi connectivity index (χ1n) is 5.69. The molecule has 0 N–H and O–H groups in total. The van der Waals surface area contributed by atoms with Gasteiger partial charge in [-0.25, -0.2) is 5.01 Å². The average Bonchev–Trinajstić information content (AvgIpc) is 2.74. The molecule has 2 aliphatic heterocycles. The van der Waals surface area contributed by atoms with E-state index in [2.05, 4.69) is 34.3 Å². The number of thioether (sulfide) groups is 1. The molecule has 3 heteroatoms. The van der Waals surface area contributed by atoms with E-state index < -0.39 is 0 Å². The smallest absolute Gasteiger partial charge is 0.0849 e. The molecule has 1 fully saturated rings. The van der Waals surface area contributed by atoms with Gasteiger partial charge >= 0.3 is 0 Å². The largest absolute Gasteiger partial charge is 0.294 e. The van der Waals surface area contributed by atoms with Crippen molar-refractivity contribution in [1.29, 1.82) is 0 Å². The first kappa shape index (κ1) is 9.55. The lowest BCUT2D eigenvalue weighted by molar-refractivity contribution is 0.218. The third kappa shape index (κ3) is 1.74. The Hall–Kier alpha value is -0.670. The van der Waals surface area contributed by atoms with Gasteiger partial charge in [0.05, 0.1) is 11.6 Å².